The van der Waals surface area contributed by atoms with Crippen LogP contribution in [0.25, 0.3) is 6.08 Å². The number of carboxylic acids is 1. The number of rotatable bonds is 6. The van der Waals surface area contributed by atoms with Crippen LogP contribution in [0.2, 0.25) is 0 Å². The van der Waals surface area contributed by atoms with E-state index in [1.54, 1.807) is 23.0 Å². The molecule has 0 radical (unpaired) electrons. The van der Waals surface area contributed by atoms with Crippen molar-refractivity contribution in [3.63, 3.8) is 0 Å². The highest BCUT2D eigenvalue weighted by molar-refractivity contribution is 7.14. The monoisotopic (exact) mass is 305 g/mol. The normalized spacial score (nSPS) is 12.4. The molecule has 2 rings (SSSR count). The van der Waals surface area contributed by atoms with Crippen LogP contribution in [0.3, 0.4) is 0 Å². The lowest BCUT2D eigenvalue weighted by Crippen LogP contribution is -2.35. The molecule has 0 bridgehead atoms. The lowest BCUT2D eigenvalue weighted by atomic mass is 10.3. The minimum Gasteiger partial charge on any atom is -0.478 e. The zero-order valence-electron chi connectivity index (χ0n) is 11.4. The maximum atomic E-state index is 12.1. The van der Waals surface area contributed by atoms with Gasteiger partial charge in [-0.2, -0.15) is 5.10 Å². The van der Waals surface area contributed by atoms with E-state index >= 15 is 0 Å². The Balaban J connectivity index is 1.92. The number of amides is 1. The second-order valence-electron chi connectivity index (χ2n) is 4.48. The van der Waals surface area contributed by atoms with Crippen LogP contribution in [0.15, 0.2) is 36.7 Å². The molecular weight excluding hydrogens is 290 g/mol. The molecule has 0 saturated heterocycles. The Labute approximate surface area is 125 Å². The number of hydrogen-bond donors (Lipinski definition) is 2. The van der Waals surface area contributed by atoms with Crippen LogP contribution < -0.4 is 5.32 Å². The average Bonchev–Trinajstić information content (AvgIpc) is 3.06. The number of carboxylic acid groups (broad SMARTS) is 1. The summed E-state index contributed by atoms with van der Waals surface area (Å²) in [6.45, 7) is 2.49. The van der Waals surface area contributed by atoms with Gasteiger partial charge in [0.05, 0.1) is 11.4 Å². The number of carbonyl (C=O) groups is 2. The molecule has 2 aromatic heterocycles. The van der Waals surface area contributed by atoms with Crippen LogP contribution in [0.1, 0.15) is 21.5 Å². The van der Waals surface area contributed by atoms with E-state index in [-0.39, 0.29) is 11.9 Å². The van der Waals surface area contributed by atoms with E-state index in [0.29, 0.717) is 11.4 Å². The SMILES string of the molecule is CC(Cn1cccn1)NC(=O)c1ccc(C=CC(=O)O)s1. The molecule has 0 aromatic carbocycles. The van der Waals surface area contributed by atoms with Crippen molar-refractivity contribution in [1.82, 2.24) is 15.1 Å². The Morgan fingerprint density at radius 3 is 3.00 bits per heavy atom. The molecule has 21 heavy (non-hydrogen) atoms. The summed E-state index contributed by atoms with van der Waals surface area (Å²) in [6.07, 6.45) is 6.04. The number of nitrogens with one attached hydrogen (secondary N) is 1. The van der Waals surface area contributed by atoms with Crippen molar-refractivity contribution in [1.29, 1.82) is 0 Å². The van der Waals surface area contributed by atoms with Gasteiger partial charge in [-0.05, 0) is 31.2 Å². The minimum absolute atomic E-state index is 0.0579. The highest BCUT2D eigenvalue weighted by atomic mass is 32.1. The van der Waals surface area contributed by atoms with E-state index in [4.69, 9.17) is 5.11 Å². The van der Waals surface area contributed by atoms with Crippen molar-refractivity contribution in [3.8, 4) is 0 Å². The molecule has 110 valence electrons. The first-order valence-corrected chi connectivity index (χ1v) is 7.15. The van der Waals surface area contributed by atoms with Crippen molar-refractivity contribution in [3.05, 3.63) is 46.4 Å². The summed E-state index contributed by atoms with van der Waals surface area (Å²) in [4.78, 5) is 23.8. The molecule has 6 nitrogen and oxygen atoms in total. The molecule has 0 spiro atoms. The average molecular weight is 305 g/mol. The Morgan fingerprint density at radius 2 is 2.33 bits per heavy atom. The summed E-state index contributed by atoms with van der Waals surface area (Å²) < 4.78 is 1.75. The van der Waals surface area contributed by atoms with Gasteiger partial charge in [0, 0.05) is 29.4 Å². The Bertz CT molecular complexity index is 646. The third-order valence-electron chi connectivity index (χ3n) is 2.64. The predicted molar refractivity (Wildman–Crippen MR) is 80.1 cm³/mol. The number of hydrogen-bond acceptors (Lipinski definition) is 4. The summed E-state index contributed by atoms with van der Waals surface area (Å²) >= 11 is 1.25. The molecule has 7 heteroatoms. The van der Waals surface area contributed by atoms with E-state index in [1.165, 1.54) is 17.4 Å². The fraction of sp³-hybridized carbons (Fsp3) is 0.214. The summed E-state index contributed by atoms with van der Waals surface area (Å²) in [5.41, 5.74) is 0. The van der Waals surface area contributed by atoms with Gasteiger partial charge in [0.25, 0.3) is 5.91 Å². The van der Waals surface area contributed by atoms with Crippen LogP contribution in [0.5, 0.6) is 0 Å². The summed E-state index contributed by atoms with van der Waals surface area (Å²) in [5, 5.41) is 15.5. The van der Waals surface area contributed by atoms with Gasteiger partial charge < -0.3 is 10.4 Å². The third kappa shape index (κ3) is 4.57. The molecule has 2 aromatic rings. The summed E-state index contributed by atoms with van der Waals surface area (Å²) in [5.74, 6) is -1.18. The standard InChI is InChI=1S/C14H15N3O3S/c1-10(9-17-8-2-7-15-17)16-14(20)12-5-3-11(21-12)4-6-13(18)19/h2-8,10H,9H2,1H3,(H,16,20)(H,18,19). The van der Waals surface area contributed by atoms with Crippen LogP contribution in [-0.4, -0.2) is 32.8 Å². The molecule has 0 aliphatic carbocycles. The third-order valence-corrected chi connectivity index (χ3v) is 3.69. The van der Waals surface area contributed by atoms with Gasteiger partial charge >= 0.3 is 5.97 Å². The van der Waals surface area contributed by atoms with Gasteiger partial charge in [0.2, 0.25) is 0 Å². The molecule has 0 fully saturated rings. The zero-order chi connectivity index (χ0) is 15.2. The van der Waals surface area contributed by atoms with Gasteiger partial charge in [0.15, 0.2) is 0 Å². The first-order chi connectivity index (χ1) is 10.0. The molecule has 2 N–H and O–H groups in total. The summed E-state index contributed by atoms with van der Waals surface area (Å²) in [7, 11) is 0. The molecule has 1 unspecified atom stereocenters. The molecule has 0 aliphatic heterocycles. The Kier molecular flexibility index (Phi) is 4.89. The van der Waals surface area contributed by atoms with E-state index in [9.17, 15) is 9.59 Å². The van der Waals surface area contributed by atoms with Gasteiger partial charge in [0.1, 0.15) is 0 Å². The molecule has 1 atom stereocenters. The van der Waals surface area contributed by atoms with E-state index in [2.05, 4.69) is 10.4 Å². The number of aliphatic carboxylic acids is 1. The second-order valence-corrected chi connectivity index (χ2v) is 5.59. The van der Waals surface area contributed by atoms with E-state index in [1.807, 2.05) is 19.2 Å². The van der Waals surface area contributed by atoms with Crippen molar-refractivity contribution in [2.45, 2.75) is 19.5 Å². The lowest BCUT2D eigenvalue weighted by molar-refractivity contribution is -0.131. The van der Waals surface area contributed by atoms with E-state index < -0.39 is 5.97 Å². The first kappa shape index (κ1) is 15.0. The smallest absolute Gasteiger partial charge is 0.328 e. The molecule has 0 saturated carbocycles. The maximum absolute atomic E-state index is 12.1. The van der Waals surface area contributed by atoms with Crippen molar-refractivity contribution >= 4 is 29.3 Å². The number of aromatic nitrogens is 2. The Hall–Kier alpha value is -2.41. The molecule has 0 aliphatic rings. The van der Waals surface area contributed by atoms with Gasteiger partial charge in [-0.15, -0.1) is 11.3 Å². The minimum atomic E-state index is -1.01. The van der Waals surface area contributed by atoms with Crippen LogP contribution in [0.4, 0.5) is 0 Å². The highest BCUT2D eigenvalue weighted by Gasteiger charge is 2.12. The largest absolute Gasteiger partial charge is 0.478 e. The van der Waals surface area contributed by atoms with Gasteiger partial charge in [-0.1, -0.05) is 0 Å². The number of nitrogens with zero attached hydrogens (tertiary/aromatic N) is 2. The van der Waals surface area contributed by atoms with Gasteiger partial charge in [-0.25, -0.2) is 4.79 Å². The molecule has 2 heterocycles. The Morgan fingerprint density at radius 1 is 1.52 bits per heavy atom. The van der Waals surface area contributed by atoms with Crippen LogP contribution in [-0.2, 0) is 11.3 Å². The van der Waals surface area contributed by atoms with Crippen molar-refractivity contribution in [2.24, 2.45) is 0 Å². The maximum Gasteiger partial charge on any atom is 0.328 e. The second kappa shape index (κ2) is 6.85. The summed E-state index contributed by atoms with van der Waals surface area (Å²) in [6, 6.07) is 5.17. The van der Waals surface area contributed by atoms with Crippen molar-refractivity contribution < 1.29 is 14.7 Å². The van der Waals surface area contributed by atoms with Crippen molar-refractivity contribution in [2.75, 3.05) is 0 Å². The fourth-order valence-corrected chi connectivity index (χ4v) is 2.56. The topological polar surface area (TPSA) is 84.2 Å². The molecular formula is C14H15N3O3S. The van der Waals surface area contributed by atoms with Crippen LogP contribution in [0, 0.1) is 0 Å². The number of thiophene rings is 1. The van der Waals surface area contributed by atoms with Crippen LogP contribution >= 0.6 is 11.3 Å². The molecule has 1 amide bonds. The highest BCUT2D eigenvalue weighted by Crippen LogP contribution is 2.18. The predicted octanol–water partition coefficient (Wildman–Crippen LogP) is 1.86. The lowest BCUT2D eigenvalue weighted by Gasteiger charge is -2.13. The fourth-order valence-electron chi connectivity index (χ4n) is 1.75. The van der Waals surface area contributed by atoms with Gasteiger partial charge in [-0.3, -0.25) is 9.48 Å². The quantitative estimate of drug-likeness (QED) is 0.798. The first-order valence-electron chi connectivity index (χ1n) is 6.34. The number of carbonyl (C=O) groups excluding carboxylic acids is 1. The zero-order valence-corrected chi connectivity index (χ0v) is 12.2. The van der Waals surface area contributed by atoms with E-state index in [0.717, 1.165) is 11.0 Å².